The van der Waals surface area contributed by atoms with E-state index in [-0.39, 0.29) is 23.3 Å². The predicted octanol–water partition coefficient (Wildman–Crippen LogP) is 2.33. The molecule has 2 aliphatic rings. The normalized spacial score (nSPS) is 22.4. The van der Waals surface area contributed by atoms with E-state index < -0.39 is 0 Å². The van der Waals surface area contributed by atoms with Crippen LogP contribution in [-0.2, 0) is 14.3 Å². The van der Waals surface area contributed by atoms with E-state index in [2.05, 4.69) is 0 Å². The molecule has 1 atom stereocenters. The predicted molar refractivity (Wildman–Crippen MR) is 102 cm³/mol. The van der Waals surface area contributed by atoms with Crippen LogP contribution in [0.5, 0.6) is 5.75 Å². The minimum atomic E-state index is -0.299. The average Bonchev–Trinajstić information content (AvgIpc) is 2.67. The molecule has 2 heterocycles. The molecule has 1 aromatic rings. The first-order valence-corrected chi connectivity index (χ1v) is 9.83. The van der Waals surface area contributed by atoms with Crippen LogP contribution in [0.25, 0.3) is 0 Å². The average molecular weight is 374 g/mol. The molecule has 1 unspecified atom stereocenters. The fourth-order valence-electron chi connectivity index (χ4n) is 3.80. The highest BCUT2D eigenvalue weighted by atomic mass is 16.5. The topological polar surface area (TPSA) is 59.1 Å². The number of amides is 2. The number of nitrogens with zero attached hydrogens (tertiary/aromatic N) is 2. The van der Waals surface area contributed by atoms with E-state index in [1.54, 1.807) is 0 Å². The zero-order chi connectivity index (χ0) is 19.3. The molecule has 6 nitrogen and oxygen atoms in total. The van der Waals surface area contributed by atoms with Crippen molar-refractivity contribution >= 4 is 11.8 Å². The highest BCUT2D eigenvalue weighted by molar-refractivity contribution is 5.81. The summed E-state index contributed by atoms with van der Waals surface area (Å²) in [5.74, 6) is 0.883. The van der Waals surface area contributed by atoms with Crippen LogP contribution in [0.15, 0.2) is 30.3 Å². The van der Waals surface area contributed by atoms with Gasteiger partial charge in [-0.25, -0.2) is 0 Å². The number of para-hydroxylation sites is 1. The smallest absolute Gasteiger partial charge is 0.227 e. The maximum absolute atomic E-state index is 12.9. The van der Waals surface area contributed by atoms with Gasteiger partial charge in [-0.1, -0.05) is 18.2 Å². The van der Waals surface area contributed by atoms with Gasteiger partial charge in [0, 0.05) is 26.2 Å². The van der Waals surface area contributed by atoms with E-state index >= 15 is 0 Å². The zero-order valence-corrected chi connectivity index (χ0v) is 16.4. The van der Waals surface area contributed by atoms with Crippen molar-refractivity contribution in [3.63, 3.8) is 0 Å². The van der Waals surface area contributed by atoms with Crippen LogP contribution in [0.4, 0.5) is 0 Å². The van der Waals surface area contributed by atoms with Gasteiger partial charge in [-0.15, -0.1) is 0 Å². The third-order valence-electron chi connectivity index (χ3n) is 5.19. The van der Waals surface area contributed by atoms with Gasteiger partial charge in [-0.3, -0.25) is 9.59 Å². The maximum Gasteiger partial charge on any atom is 0.227 e. The number of hydrogen-bond acceptors (Lipinski definition) is 4. The Morgan fingerprint density at radius 1 is 1.19 bits per heavy atom. The van der Waals surface area contributed by atoms with Crippen molar-refractivity contribution in [1.82, 2.24) is 9.80 Å². The highest BCUT2D eigenvalue weighted by Crippen LogP contribution is 2.23. The van der Waals surface area contributed by atoms with Crippen LogP contribution < -0.4 is 4.74 Å². The lowest BCUT2D eigenvalue weighted by Crippen LogP contribution is -2.54. The minimum Gasteiger partial charge on any atom is -0.493 e. The molecule has 0 aromatic heterocycles. The second-order valence-corrected chi connectivity index (χ2v) is 7.96. The Morgan fingerprint density at radius 2 is 1.96 bits per heavy atom. The summed E-state index contributed by atoms with van der Waals surface area (Å²) in [5, 5.41) is 0. The molecule has 0 N–H and O–H groups in total. The second kappa shape index (κ2) is 8.74. The Kier molecular flexibility index (Phi) is 6.37. The molecule has 1 aromatic carbocycles. The molecule has 27 heavy (non-hydrogen) atoms. The molecule has 0 aliphatic carbocycles. The first-order valence-electron chi connectivity index (χ1n) is 9.83. The summed E-state index contributed by atoms with van der Waals surface area (Å²) in [6.07, 6.45) is 2.05. The van der Waals surface area contributed by atoms with Gasteiger partial charge < -0.3 is 19.3 Å². The number of likely N-dealkylation sites (tertiary alicyclic amines) is 1. The molecule has 6 heteroatoms. The molecule has 0 spiro atoms. The molecule has 3 rings (SSSR count). The largest absolute Gasteiger partial charge is 0.493 e. The van der Waals surface area contributed by atoms with Crippen molar-refractivity contribution in [2.24, 2.45) is 5.92 Å². The Bertz CT molecular complexity index is 647. The van der Waals surface area contributed by atoms with Crippen molar-refractivity contribution in [1.29, 1.82) is 0 Å². The van der Waals surface area contributed by atoms with Gasteiger partial charge in [0.2, 0.25) is 11.8 Å². The van der Waals surface area contributed by atoms with E-state index in [1.165, 1.54) is 0 Å². The summed E-state index contributed by atoms with van der Waals surface area (Å²) in [7, 11) is 0. The van der Waals surface area contributed by atoms with Crippen LogP contribution in [0.2, 0.25) is 0 Å². The van der Waals surface area contributed by atoms with Crippen LogP contribution in [0.3, 0.4) is 0 Å². The first-order chi connectivity index (χ1) is 12.9. The van der Waals surface area contributed by atoms with Crippen molar-refractivity contribution < 1.29 is 19.1 Å². The summed E-state index contributed by atoms with van der Waals surface area (Å²) < 4.78 is 11.3. The van der Waals surface area contributed by atoms with E-state index in [0.717, 1.165) is 25.1 Å². The Balaban J connectivity index is 1.48. The minimum absolute atomic E-state index is 0.0609. The number of benzene rings is 1. The van der Waals surface area contributed by atoms with Crippen molar-refractivity contribution in [2.45, 2.75) is 38.7 Å². The van der Waals surface area contributed by atoms with Crippen molar-refractivity contribution in [3.05, 3.63) is 30.3 Å². The molecule has 2 saturated heterocycles. The van der Waals surface area contributed by atoms with Gasteiger partial charge in [0.05, 0.1) is 31.2 Å². The molecule has 2 fully saturated rings. The van der Waals surface area contributed by atoms with Gasteiger partial charge in [-0.05, 0) is 38.8 Å². The summed E-state index contributed by atoms with van der Waals surface area (Å²) in [5.41, 5.74) is -0.299. The van der Waals surface area contributed by atoms with Crippen molar-refractivity contribution in [3.8, 4) is 5.75 Å². The van der Waals surface area contributed by atoms with E-state index in [4.69, 9.17) is 9.47 Å². The van der Waals surface area contributed by atoms with Gasteiger partial charge in [0.1, 0.15) is 5.75 Å². The molecule has 0 saturated carbocycles. The number of morpholine rings is 1. The van der Waals surface area contributed by atoms with E-state index in [0.29, 0.717) is 39.3 Å². The first kappa shape index (κ1) is 19.7. The lowest BCUT2D eigenvalue weighted by Gasteiger charge is -2.41. The lowest BCUT2D eigenvalue weighted by molar-refractivity contribution is -0.152. The van der Waals surface area contributed by atoms with Gasteiger partial charge in [0.15, 0.2) is 0 Å². The SMILES string of the molecule is CC1(C)CN(C(=O)C2CCCN(C(=O)CCOc3ccccc3)C2)CCO1. The third kappa shape index (κ3) is 5.45. The zero-order valence-electron chi connectivity index (χ0n) is 16.4. The maximum atomic E-state index is 12.9. The molecule has 2 aliphatic heterocycles. The third-order valence-corrected chi connectivity index (χ3v) is 5.19. The van der Waals surface area contributed by atoms with Crippen LogP contribution in [0.1, 0.15) is 33.1 Å². The second-order valence-electron chi connectivity index (χ2n) is 7.96. The number of carbonyl (C=O) groups is 2. The quantitative estimate of drug-likeness (QED) is 0.794. The molecule has 0 bridgehead atoms. The van der Waals surface area contributed by atoms with E-state index in [9.17, 15) is 9.59 Å². The Labute approximate surface area is 161 Å². The number of ether oxygens (including phenoxy) is 2. The van der Waals surface area contributed by atoms with Crippen LogP contribution in [-0.4, -0.2) is 66.6 Å². The Morgan fingerprint density at radius 3 is 2.70 bits per heavy atom. The Hall–Kier alpha value is -2.08. The molecule has 0 radical (unpaired) electrons. The van der Waals surface area contributed by atoms with Gasteiger partial charge in [0.25, 0.3) is 0 Å². The van der Waals surface area contributed by atoms with E-state index in [1.807, 2.05) is 54.0 Å². The van der Waals surface area contributed by atoms with Crippen LogP contribution in [0, 0.1) is 5.92 Å². The highest BCUT2D eigenvalue weighted by Gasteiger charge is 2.35. The number of piperidine rings is 1. The summed E-state index contributed by atoms with van der Waals surface area (Å²) in [6.45, 7) is 7.44. The standard InChI is InChI=1S/C21H30N2O4/c1-21(2)16-23(12-14-27-21)20(25)17-7-6-11-22(15-17)19(24)10-13-26-18-8-4-3-5-9-18/h3-5,8-9,17H,6-7,10-16H2,1-2H3. The summed E-state index contributed by atoms with van der Waals surface area (Å²) in [4.78, 5) is 29.2. The van der Waals surface area contributed by atoms with Crippen LogP contribution >= 0.6 is 0 Å². The number of carbonyl (C=O) groups excluding carboxylic acids is 2. The summed E-state index contributed by atoms with van der Waals surface area (Å²) >= 11 is 0. The molecule has 2 amide bonds. The fraction of sp³-hybridized carbons (Fsp3) is 0.619. The summed E-state index contributed by atoms with van der Waals surface area (Å²) in [6, 6.07) is 9.50. The lowest BCUT2D eigenvalue weighted by atomic mass is 9.95. The molecular formula is C21H30N2O4. The van der Waals surface area contributed by atoms with Crippen molar-refractivity contribution in [2.75, 3.05) is 39.4 Å². The molecular weight excluding hydrogens is 344 g/mol. The number of rotatable bonds is 5. The molecule has 148 valence electrons. The van der Waals surface area contributed by atoms with Gasteiger partial charge in [-0.2, -0.15) is 0 Å². The fourth-order valence-corrected chi connectivity index (χ4v) is 3.80. The number of hydrogen-bond donors (Lipinski definition) is 0. The van der Waals surface area contributed by atoms with Gasteiger partial charge >= 0.3 is 0 Å². The monoisotopic (exact) mass is 374 g/mol.